The SMILES string of the molecule is Cc1cccc(CN(C)C(=O)c2ccc(Cl)cc2Br)n1. The molecule has 2 aromatic rings. The lowest BCUT2D eigenvalue weighted by atomic mass is 10.2. The summed E-state index contributed by atoms with van der Waals surface area (Å²) in [6, 6.07) is 10.9. The summed E-state index contributed by atoms with van der Waals surface area (Å²) >= 11 is 9.25. The van der Waals surface area contributed by atoms with Crippen molar-refractivity contribution in [3.05, 3.63) is 62.8 Å². The molecule has 2 rings (SSSR count). The molecule has 0 aliphatic carbocycles. The summed E-state index contributed by atoms with van der Waals surface area (Å²) in [6.07, 6.45) is 0. The first-order valence-corrected chi connectivity index (χ1v) is 7.27. The molecule has 1 amide bonds. The maximum absolute atomic E-state index is 12.4. The molecular formula is C15H14BrClN2O. The summed E-state index contributed by atoms with van der Waals surface area (Å²) in [5.74, 6) is -0.0724. The van der Waals surface area contributed by atoms with Crippen molar-refractivity contribution in [3.63, 3.8) is 0 Å². The van der Waals surface area contributed by atoms with Crippen LogP contribution in [0.4, 0.5) is 0 Å². The van der Waals surface area contributed by atoms with Gasteiger partial charge in [0.1, 0.15) is 0 Å². The molecule has 0 aliphatic heterocycles. The van der Waals surface area contributed by atoms with Crippen LogP contribution in [0, 0.1) is 6.92 Å². The van der Waals surface area contributed by atoms with Gasteiger partial charge in [-0.25, -0.2) is 0 Å². The number of carbonyl (C=O) groups excluding carboxylic acids is 1. The van der Waals surface area contributed by atoms with Crippen LogP contribution in [0.3, 0.4) is 0 Å². The number of pyridine rings is 1. The fourth-order valence-corrected chi connectivity index (χ4v) is 2.72. The second-order valence-electron chi connectivity index (χ2n) is 4.56. The van der Waals surface area contributed by atoms with Crippen molar-refractivity contribution in [2.45, 2.75) is 13.5 Å². The zero-order chi connectivity index (χ0) is 14.7. The minimum Gasteiger partial charge on any atom is -0.336 e. The minimum atomic E-state index is -0.0724. The Labute approximate surface area is 131 Å². The Morgan fingerprint density at radius 2 is 2.10 bits per heavy atom. The van der Waals surface area contributed by atoms with E-state index in [0.29, 0.717) is 21.6 Å². The van der Waals surface area contributed by atoms with Crippen LogP contribution in [-0.2, 0) is 6.54 Å². The van der Waals surface area contributed by atoms with Gasteiger partial charge in [0.25, 0.3) is 5.91 Å². The number of aryl methyl sites for hydroxylation is 1. The normalized spacial score (nSPS) is 10.4. The Morgan fingerprint density at radius 1 is 1.35 bits per heavy atom. The Bertz CT molecular complexity index is 646. The van der Waals surface area contributed by atoms with Gasteiger partial charge in [-0.15, -0.1) is 0 Å². The third-order valence-electron chi connectivity index (χ3n) is 2.85. The molecular weight excluding hydrogens is 340 g/mol. The van der Waals surface area contributed by atoms with E-state index in [1.807, 2.05) is 25.1 Å². The highest BCUT2D eigenvalue weighted by Crippen LogP contribution is 2.23. The second kappa shape index (κ2) is 6.37. The third-order valence-corrected chi connectivity index (χ3v) is 3.74. The van der Waals surface area contributed by atoms with Crippen LogP contribution in [-0.4, -0.2) is 22.8 Å². The van der Waals surface area contributed by atoms with Gasteiger partial charge in [-0.05, 0) is 53.2 Å². The number of aromatic nitrogens is 1. The van der Waals surface area contributed by atoms with Crippen molar-refractivity contribution >= 4 is 33.4 Å². The number of hydrogen-bond donors (Lipinski definition) is 0. The minimum absolute atomic E-state index is 0.0724. The van der Waals surface area contributed by atoms with E-state index in [0.717, 1.165) is 11.4 Å². The topological polar surface area (TPSA) is 33.2 Å². The molecule has 1 aromatic heterocycles. The highest BCUT2D eigenvalue weighted by atomic mass is 79.9. The molecule has 0 spiro atoms. The van der Waals surface area contributed by atoms with Crippen LogP contribution < -0.4 is 0 Å². The molecule has 3 nitrogen and oxygen atoms in total. The van der Waals surface area contributed by atoms with Gasteiger partial charge in [-0.1, -0.05) is 17.7 Å². The monoisotopic (exact) mass is 352 g/mol. The van der Waals surface area contributed by atoms with Gasteiger partial charge in [-0.3, -0.25) is 9.78 Å². The van der Waals surface area contributed by atoms with Crippen molar-refractivity contribution in [2.24, 2.45) is 0 Å². The van der Waals surface area contributed by atoms with E-state index in [1.165, 1.54) is 0 Å². The van der Waals surface area contributed by atoms with Gasteiger partial charge in [0, 0.05) is 22.2 Å². The van der Waals surface area contributed by atoms with E-state index >= 15 is 0 Å². The highest BCUT2D eigenvalue weighted by Gasteiger charge is 2.15. The summed E-state index contributed by atoms with van der Waals surface area (Å²) in [6.45, 7) is 2.40. The molecule has 0 bridgehead atoms. The van der Waals surface area contributed by atoms with Crippen LogP contribution in [0.15, 0.2) is 40.9 Å². The Kier molecular flexibility index (Phi) is 4.78. The van der Waals surface area contributed by atoms with Gasteiger partial charge in [0.15, 0.2) is 0 Å². The molecule has 0 radical (unpaired) electrons. The maximum Gasteiger partial charge on any atom is 0.255 e. The van der Waals surface area contributed by atoms with E-state index in [-0.39, 0.29) is 5.91 Å². The summed E-state index contributed by atoms with van der Waals surface area (Å²) < 4.78 is 0.694. The van der Waals surface area contributed by atoms with Gasteiger partial charge in [-0.2, -0.15) is 0 Å². The van der Waals surface area contributed by atoms with E-state index in [1.54, 1.807) is 30.1 Å². The fourth-order valence-electron chi connectivity index (χ4n) is 1.87. The first kappa shape index (κ1) is 15.0. The standard InChI is InChI=1S/C15H14BrClN2O/c1-10-4-3-5-12(18-10)9-19(2)15(20)13-7-6-11(17)8-14(13)16/h3-8H,9H2,1-2H3. The fraction of sp³-hybridized carbons (Fsp3) is 0.200. The zero-order valence-corrected chi connectivity index (χ0v) is 13.6. The molecule has 0 unspecified atom stereocenters. The van der Waals surface area contributed by atoms with Crippen molar-refractivity contribution in [1.29, 1.82) is 0 Å². The van der Waals surface area contributed by atoms with Gasteiger partial charge in [0.2, 0.25) is 0 Å². The first-order chi connectivity index (χ1) is 9.47. The number of benzene rings is 1. The first-order valence-electron chi connectivity index (χ1n) is 6.10. The second-order valence-corrected chi connectivity index (χ2v) is 5.85. The zero-order valence-electron chi connectivity index (χ0n) is 11.2. The summed E-state index contributed by atoms with van der Waals surface area (Å²) in [7, 11) is 1.76. The number of halogens is 2. The lowest BCUT2D eigenvalue weighted by Gasteiger charge is -2.18. The molecule has 0 N–H and O–H groups in total. The lowest BCUT2D eigenvalue weighted by molar-refractivity contribution is 0.0782. The van der Waals surface area contributed by atoms with E-state index in [4.69, 9.17) is 11.6 Å². The number of rotatable bonds is 3. The van der Waals surface area contributed by atoms with Crippen LogP contribution in [0.2, 0.25) is 5.02 Å². The van der Waals surface area contributed by atoms with Crippen LogP contribution in [0.1, 0.15) is 21.7 Å². The molecule has 0 fully saturated rings. The van der Waals surface area contributed by atoms with Crippen LogP contribution in [0.25, 0.3) is 0 Å². The summed E-state index contributed by atoms with van der Waals surface area (Å²) in [4.78, 5) is 18.4. The molecule has 0 atom stereocenters. The number of hydrogen-bond acceptors (Lipinski definition) is 2. The van der Waals surface area contributed by atoms with Gasteiger partial charge >= 0.3 is 0 Å². The molecule has 0 saturated heterocycles. The number of amides is 1. The third kappa shape index (κ3) is 3.58. The molecule has 0 saturated carbocycles. The largest absolute Gasteiger partial charge is 0.336 e. The van der Waals surface area contributed by atoms with E-state index < -0.39 is 0 Å². The van der Waals surface area contributed by atoms with Gasteiger partial charge in [0.05, 0.1) is 17.8 Å². The quantitative estimate of drug-likeness (QED) is 0.833. The van der Waals surface area contributed by atoms with E-state index in [2.05, 4.69) is 20.9 Å². The summed E-state index contributed by atoms with van der Waals surface area (Å²) in [5, 5.41) is 0.594. The highest BCUT2D eigenvalue weighted by molar-refractivity contribution is 9.10. The Hall–Kier alpha value is -1.39. The Morgan fingerprint density at radius 3 is 2.75 bits per heavy atom. The molecule has 5 heteroatoms. The smallest absolute Gasteiger partial charge is 0.255 e. The predicted molar refractivity (Wildman–Crippen MR) is 83.9 cm³/mol. The van der Waals surface area contributed by atoms with Crippen molar-refractivity contribution in [1.82, 2.24) is 9.88 Å². The molecule has 1 aromatic carbocycles. The van der Waals surface area contributed by atoms with E-state index in [9.17, 15) is 4.79 Å². The van der Waals surface area contributed by atoms with Crippen LogP contribution in [0.5, 0.6) is 0 Å². The summed E-state index contributed by atoms with van der Waals surface area (Å²) in [5.41, 5.74) is 2.39. The predicted octanol–water partition coefficient (Wildman–Crippen LogP) is 4.08. The van der Waals surface area contributed by atoms with Gasteiger partial charge < -0.3 is 4.90 Å². The molecule has 1 heterocycles. The molecule has 0 aliphatic rings. The Balaban J connectivity index is 2.16. The average Bonchev–Trinajstić information content (AvgIpc) is 2.38. The maximum atomic E-state index is 12.4. The van der Waals surface area contributed by atoms with Crippen LogP contribution >= 0.6 is 27.5 Å². The lowest BCUT2D eigenvalue weighted by Crippen LogP contribution is -2.27. The van der Waals surface area contributed by atoms with Crippen molar-refractivity contribution in [2.75, 3.05) is 7.05 Å². The number of nitrogens with zero attached hydrogens (tertiary/aromatic N) is 2. The van der Waals surface area contributed by atoms with Crippen molar-refractivity contribution in [3.8, 4) is 0 Å². The molecule has 20 heavy (non-hydrogen) atoms. The molecule has 104 valence electrons. The average molecular weight is 354 g/mol. The van der Waals surface area contributed by atoms with Crippen molar-refractivity contribution < 1.29 is 4.79 Å². The number of carbonyl (C=O) groups is 1.